The molecule has 0 unspecified atom stereocenters. The Kier molecular flexibility index (Phi) is 3.96. The van der Waals surface area contributed by atoms with E-state index in [1.165, 1.54) is 50.9 Å². The van der Waals surface area contributed by atoms with Crippen LogP contribution in [0.1, 0.15) is 24.8 Å². The summed E-state index contributed by atoms with van der Waals surface area (Å²) in [5, 5.41) is 7.30. The first-order valence-electron chi connectivity index (χ1n) is 7.40. The van der Waals surface area contributed by atoms with Crippen LogP contribution in [0.15, 0.2) is 30.3 Å². The second-order valence-electron chi connectivity index (χ2n) is 5.90. The molecule has 2 N–H and O–H groups in total. The Bertz CT molecular complexity index is 359. The van der Waals surface area contributed by atoms with Gasteiger partial charge in [-0.15, -0.1) is 0 Å². The summed E-state index contributed by atoms with van der Waals surface area (Å²) >= 11 is 0. The number of benzene rings is 1. The van der Waals surface area contributed by atoms with E-state index in [2.05, 4.69) is 41.0 Å². The highest BCUT2D eigenvalue weighted by Gasteiger charge is 2.28. The molecule has 0 radical (unpaired) electrons. The first-order chi connectivity index (χ1) is 8.92. The van der Waals surface area contributed by atoms with E-state index in [-0.39, 0.29) is 0 Å². The van der Waals surface area contributed by atoms with Crippen LogP contribution in [0.25, 0.3) is 0 Å². The maximum Gasteiger partial charge on any atom is 0.00672 e. The topological polar surface area (TPSA) is 24.1 Å². The van der Waals surface area contributed by atoms with Crippen molar-refractivity contribution in [2.24, 2.45) is 11.8 Å². The molecule has 0 aromatic heterocycles. The lowest BCUT2D eigenvalue weighted by molar-refractivity contribution is 0.298. The first kappa shape index (κ1) is 12.2. The SMILES string of the molecule is c1ccc(C[C@@H]2CNC[C@H]2CNC2CCC2)cc1. The van der Waals surface area contributed by atoms with Gasteiger partial charge in [-0.1, -0.05) is 36.8 Å². The van der Waals surface area contributed by atoms with E-state index >= 15 is 0 Å². The Morgan fingerprint density at radius 2 is 1.83 bits per heavy atom. The van der Waals surface area contributed by atoms with Gasteiger partial charge < -0.3 is 10.6 Å². The van der Waals surface area contributed by atoms with E-state index in [1.807, 2.05) is 0 Å². The molecule has 1 saturated carbocycles. The van der Waals surface area contributed by atoms with Crippen LogP contribution >= 0.6 is 0 Å². The Labute approximate surface area is 110 Å². The number of hydrogen-bond acceptors (Lipinski definition) is 2. The monoisotopic (exact) mass is 244 g/mol. The molecule has 2 heteroatoms. The van der Waals surface area contributed by atoms with Crippen LogP contribution < -0.4 is 10.6 Å². The zero-order valence-corrected chi connectivity index (χ0v) is 11.1. The van der Waals surface area contributed by atoms with Gasteiger partial charge in [-0.25, -0.2) is 0 Å². The predicted molar refractivity (Wildman–Crippen MR) is 75.6 cm³/mol. The molecular weight excluding hydrogens is 220 g/mol. The smallest absolute Gasteiger partial charge is 0.00672 e. The molecule has 2 atom stereocenters. The zero-order valence-electron chi connectivity index (χ0n) is 11.1. The van der Waals surface area contributed by atoms with Crippen LogP contribution in [0.2, 0.25) is 0 Å². The molecule has 2 fully saturated rings. The third kappa shape index (κ3) is 2.93. The molecule has 1 aliphatic heterocycles. The largest absolute Gasteiger partial charge is 0.316 e. The molecule has 18 heavy (non-hydrogen) atoms. The van der Waals surface area contributed by atoms with Gasteiger partial charge in [0.15, 0.2) is 0 Å². The van der Waals surface area contributed by atoms with Gasteiger partial charge in [0.1, 0.15) is 0 Å². The second kappa shape index (κ2) is 5.85. The van der Waals surface area contributed by atoms with Gasteiger partial charge in [-0.3, -0.25) is 0 Å². The van der Waals surface area contributed by atoms with Crippen molar-refractivity contribution in [3.63, 3.8) is 0 Å². The molecule has 2 nitrogen and oxygen atoms in total. The van der Waals surface area contributed by atoms with Crippen LogP contribution in [0.5, 0.6) is 0 Å². The van der Waals surface area contributed by atoms with E-state index in [1.54, 1.807) is 0 Å². The van der Waals surface area contributed by atoms with Crippen molar-refractivity contribution in [2.45, 2.75) is 31.7 Å². The summed E-state index contributed by atoms with van der Waals surface area (Å²) in [5.74, 6) is 1.62. The number of nitrogens with one attached hydrogen (secondary N) is 2. The predicted octanol–water partition coefficient (Wildman–Crippen LogP) is 2.21. The highest BCUT2D eigenvalue weighted by atomic mass is 15.0. The molecule has 1 aromatic carbocycles. The van der Waals surface area contributed by atoms with E-state index in [0.29, 0.717) is 0 Å². The van der Waals surface area contributed by atoms with Crippen LogP contribution in [-0.2, 0) is 6.42 Å². The minimum atomic E-state index is 0.806. The summed E-state index contributed by atoms with van der Waals surface area (Å²) in [6, 6.07) is 11.7. The Morgan fingerprint density at radius 1 is 1.06 bits per heavy atom. The van der Waals surface area contributed by atoms with Crippen molar-refractivity contribution in [2.75, 3.05) is 19.6 Å². The normalized spacial score (nSPS) is 28.2. The van der Waals surface area contributed by atoms with Crippen molar-refractivity contribution in [3.8, 4) is 0 Å². The third-order valence-corrected chi connectivity index (χ3v) is 4.59. The van der Waals surface area contributed by atoms with Crippen LogP contribution in [0.4, 0.5) is 0 Å². The van der Waals surface area contributed by atoms with Crippen molar-refractivity contribution in [1.82, 2.24) is 10.6 Å². The number of hydrogen-bond donors (Lipinski definition) is 2. The minimum Gasteiger partial charge on any atom is -0.316 e. The van der Waals surface area contributed by atoms with Crippen molar-refractivity contribution >= 4 is 0 Å². The molecule has 2 aliphatic rings. The van der Waals surface area contributed by atoms with Crippen molar-refractivity contribution in [1.29, 1.82) is 0 Å². The number of rotatable bonds is 5. The molecule has 1 aromatic rings. The lowest BCUT2D eigenvalue weighted by Crippen LogP contribution is -2.40. The molecule has 3 rings (SSSR count). The quantitative estimate of drug-likeness (QED) is 0.830. The van der Waals surface area contributed by atoms with Crippen molar-refractivity contribution < 1.29 is 0 Å². The van der Waals surface area contributed by atoms with E-state index in [0.717, 1.165) is 17.9 Å². The summed E-state index contributed by atoms with van der Waals surface area (Å²) in [6.07, 6.45) is 5.44. The van der Waals surface area contributed by atoms with Gasteiger partial charge in [0, 0.05) is 6.04 Å². The van der Waals surface area contributed by atoms with Gasteiger partial charge in [-0.2, -0.15) is 0 Å². The maximum atomic E-state index is 3.74. The highest BCUT2D eigenvalue weighted by Crippen LogP contribution is 2.23. The molecule has 0 bridgehead atoms. The minimum absolute atomic E-state index is 0.806. The van der Waals surface area contributed by atoms with Gasteiger partial charge in [-0.05, 0) is 56.3 Å². The third-order valence-electron chi connectivity index (χ3n) is 4.59. The molecule has 1 saturated heterocycles. The Hall–Kier alpha value is -0.860. The summed E-state index contributed by atoms with van der Waals surface area (Å²) in [5.41, 5.74) is 1.49. The van der Waals surface area contributed by atoms with Gasteiger partial charge in [0.25, 0.3) is 0 Å². The van der Waals surface area contributed by atoms with Crippen LogP contribution in [0.3, 0.4) is 0 Å². The first-order valence-corrected chi connectivity index (χ1v) is 7.40. The maximum absolute atomic E-state index is 3.74. The van der Waals surface area contributed by atoms with Crippen LogP contribution in [0, 0.1) is 11.8 Å². The fourth-order valence-electron chi connectivity index (χ4n) is 3.11. The van der Waals surface area contributed by atoms with Gasteiger partial charge in [0.2, 0.25) is 0 Å². The molecule has 1 aliphatic carbocycles. The average molecular weight is 244 g/mol. The summed E-state index contributed by atoms with van der Waals surface area (Å²) in [7, 11) is 0. The van der Waals surface area contributed by atoms with E-state index < -0.39 is 0 Å². The summed E-state index contributed by atoms with van der Waals surface area (Å²) in [6.45, 7) is 3.58. The molecule has 0 amide bonds. The fraction of sp³-hybridized carbons (Fsp3) is 0.625. The molecular formula is C16H24N2. The Balaban J connectivity index is 1.50. The Morgan fingerprint density at radius 3 is 2.56 bits per heavy atom. The summed E-state index contributed by atoms with van der Waals surface area (Å²) in [4.78, 5) is 0. The zero-order chi connectivity index (χ0) is 12.2. The summed E-state index contributed by atoms with van der Waals surface area (Å²) < 4.78 is 0. The standard InChI is InChI=1S/C16H24N2/c1-2-5-13(6-3-1)9-14-10-17-11-15(14)12-18-16-7-4-8-16/h1-3,5-6,14-18H,4,7-12H2/t14-,15+/m1/s1. The van der Waals surface area contributed by atoms with E-state index in [4.69, 9.17) is 0 Å². The lowest BCUT2D eigenvalue weighted by atomic mass is 9.88. The second-order valence-corrected chi connectivity index (χ2v) is 5.90. The van der Waals surface area contributed by atoms with Crippen molar-refractivity contribution in [3.05, 3.63) is 35.9 Å². The lowest BCUT2D eigenvalue weighted by Gasteiger charge is -2.29. The van der Waals surface area contributed by atoms with Crippen LogP contribution in [-0.4, -0.2) is 25.7 Å². The van der Waals surface area contributed by atoms with E-state index in [9.17, 15) is 0 Å². The highest BCUT2D eigenvalue weighted by molar-refractivity contribution is 5.16. The van der Waals surface area contributed by atoms with Gasteiger partial charge in [0.05, 0.1) is 0 Å². The fourth-order valence-corrected chi connectivity index (χ4v) is 3.11. The molecule has 1 heterocycles. The molecule has 0 spiro atoms. The van der Waals surface area contributed by atoms with Gasteiger partial charge >= 0.3 is 0 Å². The average Bonchev–Trinajstić information content (AvgIpc) is 2.76. The molecule has 98 valence electrons.